The predicted octanol–water partition coefficient (Wildman–Crippen LogP) is 22.1. The van der Waals surface area contributed by atoms with E-state index >= 15 is 0 Å². The van der Waals surface area contributed by atoms with Gasteiger partial charge in [-0.1, -0.05) is 61.6 Å². The number of alkyl halides is 6. The molecule has 0 spiro atoms. The van der Waals surface area contributed by atoms with Crippen LogP contribution in [0.2, 0.25) is 66.2 Å². The number of aromatic amines is 2. The van der Waals surface area contributed by atoms with Crippen molar-refractivity contribution in [2.75, 3.05) is 29.2 Å². The van der Waals surface area contributed by atoms with Crippen molar-refractivity contribution in [3.8, 4) is 75.2 Å². The third-order valence-corrected chi connectivity index (χ3v) is 35.3. The summed E-state index contributed by atoms with van der Waals surface area (Å²) in [6.45, 7) is 20.9. The van der Waals surface area contributed by atoms with E-state index in [0.29, 0.717) is 61.7 Å². The number of aldehydes is 1. The number of rotatable bonds is 23. The largest absolute Gasteiger partial charge is 0.492 e. The average Bonchev–Trinajstić information content (AvgIpc) is 1.60. The van der Waals surface area contributed by atoms with Crippen molar-refractivity contribution in [3.05, 3.63) is 163 Å². The second kappa shape index (κ2) is 51.6. The average molecular weight is 2490 g/mol. The van der Waals surface area contributed by atoms with Gasteiger partial charge in [-0.3, -0.25) is 23.7 Å². The smallest absolute Gasteiger partial charge is 0.423 e. The topological polar surface area (TPSA) is 395 Å². The fourth-order valence-electron chi connectivity index (χ4n) is 10.2. The van der Waals surface area contributed by atoms with Crippen LogP contribution in [0.15, 0.2) is 147 Å². The summed E-state index contributed by atoms with van der Waals surface area (Å²) in [6, 6.07) is 13.3. The first-order valence-electron chi connectivity index (χ1n) is 37.1. The Morgan fingerprint density at radius 3 is 1.32 bits per heavy atom. The number of H-pyrrole nitrogens is 2. The minimum atomic E-state index is -4.67. The van der Waals surface area contributed by atoms with Crippen molar-refractivity contribution in [1.29, 1.82) is 0 Å². The Bertz CT molecular complexity index is 5980. The number of hydrogen-bond acceptors (Lipinski definition) is 27. The summed E-state index contributed by atoms with van der Waals surface area (Å²) in [6.07, 6.45) is 12.6. The zero-order chi connectivity index (χ0) is 93.6. The number of amides is 3. The van der Waals surface area contributed by atoms with E-state index in [4.69, 9.17) is 19.5 Å². The second-order valence-electron chi connectivity index (χ2n) is 29.9. The van der Waals surface area contributed by atoms with Gasteiger partial charge < -0.3 is 49.3 Å². The molecule has 14 aromatic rings. The molecule has 700 valence electrons. The minimum absolute atomic E-state index is 0. The monoisotopic (exact) mass is 2480 g/mol. The molecule has 0 saturated heterocycles. The molecule has 0 aliphatic rings. The summed E-state index contributed by atoms with van der Waals surface area (Å²) >= 11 is 28.4. The molecule has 14 heterocycles. The second-order valence-corrected chi connectivity index (χ2v) is 67.5. The number of nitrogens with one attached hydrogen (secondary N) is 5. The number of anilines is 3. The molecule has 14 rings (SSSR count). The van der Waals surface area contributed by atoms with Gasteiger partial charge in [-0.2, -0.15) is 36.5 Å². The van der Waals surface area contributed by atoms with E-state index in [9.17, 15) is 45.5 Å². The quantitative estimate of drug-likeness (QED) is 0.0135. The fourth-order valence-corrected chi connectivity index (χ4v) is 24.4. The van der Waals surface area contributed by atoms with Crippen LogP contribution >= 0.6 is 168 Å². The zero-order valence-corrected chi connectivity index (χ0v) is 89.8. The molecular formula is C77H93BBr7F6N23O8S5Si2Sn. The van der Waals surface area contributed by atoms with Crippen molar-refractivity contribution in [2.24, 2.45) is 14.1 Å². The van der Waals surface area contributed by atoms with E-state index in [0.717, 1.165) is 109 Å². The Balaban J connectivity index is 0.000000278. The van der Waals surface area contributed by atoms with Crippen molar-refractivity contribution >= 4 is 260 Å². The molecule has 31 nitrogen and oxygen atoms in total. The number of imidazole rings is 4. The van der Waals surface area contributed by atoms with E-state index < -0.39 is 70.8 Å². The maximum Gasteiger partial charge on any atom is 0.492 e. The van der Waals surface area contributed by atoms with Crippen molar-refractivity contribution in [2.45, 2.75) is 135 Å². The van der Waals surface area contributed by atoms with Crippen LogP contribution in [0.3, 0.4) is 0 Å². The molecule has 0 atom stereocenters. The first kappa shape index (κ1) is 114. The van der Waals surface area contributed by atoms with Gasteiger partial charge in [-0.25, -0.2) is 54.8 Å². The number of thiazole rings is 5. The van der Waals surface area contributed by atoms with Crippen molar-refractivity contribution in [1.82, 2.24) is 98.5 Å². The molecular weight excluding hydrogens is 2390 g/mol. The predicted molar refractivity (Wildman–Crippen MR) is 538 cm³/mol. The summed E-state index contributed by atoms with van der Waals surface area (Å²) in [4.78, 5) is 111. The normalized spacial score (nSPS) is 11.1. The molecule has 0 radical (unpaired) electrons. The first-order valence-corrected chi connectivity index (χ1v) is 64.1. The molecule has 7 N–H and O–H groups in total. The van der Waals surface area contributed by atoms with Crippen LogP contribution in [0.1, 0.15) is 64.1 Å². The number of hydrogen-bond donors (Lipinski definition) is 7. The number of carbonyl (C=O) groups excluding carboxylic acids is 4. The van der Waals surface area contributed by atoms with Gasteiger partial charge in [0, 0.05) is 148 Å². The number of aromatic nitrogens is 20. The standard InChI is InChI=1S/C19H24BrN5O2SSi.C18H14F3N7OS.C12H17Br2N3OSSi.C7H7N2O.C6H3Br2N3S.C5H6BF3N2O2.C4HBr2NOS.3CH4.3CH3.Sn/c1-13(26)23-15-11-14(5-6-21-15)19-24-17(20)16(28-19)18-22-7-8-25(18)12-27-9-10-29(2,3)4;1-9(29)25-12-7-10(3-4-22-12)17-26-13(14(30-17)16-23-5-6-24-16)11-8-28(2)27-15(11)18(19,20)21;1-20(2,3)7-6-18-8-17-5-4-15-11(17)9-10(13)16-12(14)19-9;1-6(10)9-7-4-2-3-5-8-7;7-4-3(12-6(8)11-4)5-9-1-2-10-5;1-11-2-3(6(12)13)4(10-11)5(7,8)9;5-3-2(1-8)9-4(6)7-3;;;;;;;/h5-8,11H,9-10,12H2,1-4H3,(H,21,23,26);3-8H,1-2H3,(H,23,24)(H,22,25,29);4-5H,6-8H2,1-3H3;3-5H,1H3,(H,8,9,10);1-2H,(H,9,10);2,12-13H,1H3;1H;3*1H4;3*1H3;. The first-order chi connectivity index (χ1) is 59.5. The molecule has 0 saturated carbocycles. The van der Waals surface area contributed by atoms with Crippen LogP contribution in [0, 0.1) is 0 Å². The molecule has 0 aromatic carbocycles. The molecule has 53 heteroatoms. The summed E-state index contributed by atoms with van der Waals surface area (Å²) < 4.78 is 101. The van der Waals surface area contributed by atoms with Gasteiger partial charge in [0.25, 0.3) is 0 Å². The number of carbonyl (C=O) groups is 4. The SMILES string of the molecule is Brc1nc(Br)c(-c2ncc[nH]2)s1.C.C.C.CC(=O)Nc1c[c]([Sn]([CH3])([CH3])[CH3])ccn1.CC(=O)Nc1cc(-c2nc(-c3cn(C)nc3C(F)(F)F)c(-c3ncc[nH]3)s2)ccn1.CC(=O)Nc1cc(-c2nc(Br)c(-c3nccn3COCC[Si](C)(C)C)s2)ccn1.C[Si](C)(C)CCOCn1ccnc1-c1sc(Br)nc1Br.Cn1cc(B(O)O)c(C(F)(F)F)n1.O=Cc1sc(Br)nc1Br. The van der Waals surface area contributed by atoms with Gasteiger partial charge in [-0.15, -0.1) is 56.7 Å². The van der Waals surface area contributed by atoms with Gasteiger partial charge in [0.15, 0.2) is 41.1 Å². The van der Waals surface area contributed by atoms with Gasteiger partial charge in [0.1, 0.15) is 84.7 Å². The van der Waals surface area contributed by atoms with Gasteiger partial charge in [0.2, 0.25) is 11.8 Å². The van der Waals surface area contributed by atoms with Crippen LogP contribution in [0.25, 0.3) is 75.2 Å². The molecule has 0 fully saturated rings. The van der Waals surface area contributed by atoms with Crippen LogP contribution in [-0.4, -0.2) is 187 Å². The molecule has 14 aromatic heterocycles. The minimum Gasteiger partial charge on any atom is -0.423 e. The Morgan fingerprint density at radius 1 is 0.523 bits per heavy atom. The fraction of sp³-hybridized carbons (Fsp3) is 0.325. The van der Waals surface area contributed by atoms with E-state index in [2.05, 4.69) is 268 Å². The van der Waals surface area contributed by atoms with Crippen molar-refractivity contribution in [3.63, 3.8) is 0 Å². The maximum atomic E-state index is 13.6. The number of aryl methyl sites for hydroxylation is 2. The molecule has 0 aliphatic carbocycles. The number of halogens is 13. The van der Waals surface area contributed by atoms with Crippen LogP contribution in [0.4, 0.5) is 43.8 Å². The molecule has 0 unspecified atom stereocenters. The number of ether oxygens (including phenoxy) is 2. The third kappa shape index (κ3) is 35.7. The van der Waals surface area contributed by atoms with Crippen molar-refractivity contribution < 1.29 is 65.0 Å². The van der Waals surface area contributed by atoms with Crippen LogP contribution in [-0.2, 0) is 63.8 Å². The summed E-state index contributed by atoms with van der Waals surface area (Å²) in [7, 11) is -1.62. The van der Waals surface area contributed by atoms with Gasteiger partial charge in [0.05, 0.1) is 16.1 Å². The molecule has 3 amide bonds. The maximum absolute atomic E-state index is 13.6. The van der Waals surface area contributed by atoms with E-state index in [1.165, 1.54) is 108 Å². The van der Waals surface area contributed by atoms with E-state index in [1.807, 2.05) is 39.7 Å². The van der Waals surface area contributed by atoms with Gasteiger partial charge in [-0.05, 0) is 148 Å². The Labute approximate surface area is 832 Å². The number of nitrogens with zero attached hydrogens (tertiary/aromatic N) is 18. The van der Waals surface area contributed by atoms with Crippen LogP contribution in [0.5, 0.6) is 0 Å². The Kier molecular flexibility index (Phi) is 45.1. The Morgan fingerprint density at radius 2 is 0.931 bits per heavy atom. The molecule has 130 heavy (non-hydrogen) atoms. The Hall–Kier alpha value is -6.98. The van der Waals surface area contributed by atoms with Crippen LogP contribution < -0.4 is 25.0 Å². The zero-order valence-electron chi connectivity index (χ0n) is 69.7. The van der Waals surface area contributed by atoms with E-state index in [-0.39, 0.29) is 51.3 Å². The summed E-state index contributed by atoms with van der Waals surface area (Å²) in [5.41, 5.74) is -1.50. The molecule has 0 aliphatic heterocycles. The summed E-state index contributed by atoms with van der Waals surface area (Å²) in [5.74, 6) is 3.88. The number of pyridine rings is 3. The van der Waals surface area contributed by atoms with Gasteiger partial charge >= 0.3 is 108 Å². The summed E-state index contributed by atoms with van der Waals surface area (Å²) in [5, 5.41) is 33.1. The third-order valence-electron chi connectivity index (χ3n) is 16.0. The van der Waals surface area contributed by atoms with E-state index in [1.54, 1.807) is 66.8 Å². The molecule has 0 bridgehead atoms.